The summed E-state index contributed by atoms with van der Waals surface area (Å²) >= 11 is 3.13. The Balaban J connectivity index is 2.59. The molecular weight excluding hydrogens is 338 g/mol. The molecule has 0 amide bonds. The van der Waals surface area contributed by atoms with E-state index in [1.807, 2.05) is 0 Å². The predicted molar refractivity (Wildman–Crippen MR) is 70.9 cm³/mol. The standard InChI is InChI=1S/C13H9BrF2O2S/c14-8-9-7-11(16)3-6-13(9)19(17,18)12-4-1-10(15)2-5-12/h1-7H,8H2. The second kappa shape index (κ2) is 5.38. The molecule has 19 heavy (non-hydrogen) atoms. The third-order valence-electron chi connectivity index (χ3n) is 2.58. The number of benzene rings is 2. The maximum absolute atomic E-state index is 13.1. The first kappa shape index (κ1) is 14.1. The molecule has 2 nitrogen and oxygen atoms in total. The molecule has 0 N–H and O–H groups in total. The van der Waals surface area contributed by atoms with Gasteiger partial charge in [0.15, 0.2) is 0 Å². The number of hydrogen-bond donors (Lipinski definition) is 0. The van der Waals surface area contributed by atoms with Gasteiger partial charge in [-0.3, -0.25) is 0 Å². The highest BCUT2D eigenvalue weighted by Crippen LogP contribution is 2.26. The summed E-state index contributed by atoms with van der Waals surface area (Å²) in [4.78, 5) is -0.0138. The van der Waals surface area contributed by atoms with Gasteiger partial charge in [0, 0.05) is 5.33 Å². The van der Waals surface area contributed by atoms with E-state index < -0.39 is 21.5 Å². The summed E-state index contributed by atoms with van der Waals surface area (Å²) in [6.45, 7) is 0. The Morgan fingerprint density at radius 1 is 0.947 bits per heavy atom. The monoisotopic (exact) mass is 346 g/mol. The van der Waals surface area contributed by atoms with Crippen LogP contribution in [0.2, 0.25) is 0 Å². The van der Waals surface area contributed by atoms with Crippen LogP contribution >= 0.6 is 15.9 Å². The van der Waals surface area contributed by atoms with Crippen LogP contribution in [0.15, 0.2) is 52.3 Å². The number of sulfone groups is 1. The molecule has 2 aromatic carbocycles. The van der Waals surface area contributed by atoms with Gasteiger partial charge in [0.1, 0.15) is 11.6 Å². The van der Waals surface area contributed by atoms with Gasteiger partial charge in [0.05, 0.1) is 9.79 Å². The van der Waals surface area contributed by atoms with Gasteiger partial charge in [-0.25, -0.2) is 17.2 Å². The molecule has 6 heteroatoms. The van der Waals surface area contributed by atoms with Gasteiger partial charge in [-0.1, -0.05) is 15.9 Å². The van der Waals surface area contributed by atoms with Gasteiger partial charge in [-0.05, 0) is 48.0 Å². The summed E-state index contributed by atoms with van der Waals surface area (Å²) in [6.07, 6.45) is 0. The quantitative estimate of drug-likeness (QED) is 0.627. The maximum Gasteiger partial charge on any atom is 0.206 e. The Kier molecular flexibility index (Phi) is 4.01. The molecule has 0 saturated heterocycles. The fourth-order valence-electron chi connectivity index (χ4n) is 1.66. The predicted octanol–water partition coefficient (Wildman–Crippen LogP) is 3.69. The van der Waals surface area contributed by atoms with E-state index in [0.717, 1.165) is 24.3 Å². The maximum atomic E-state index is 13.1. The molecule has 0 heterocycles. The van der Waals surface area contributed by atoms with Crippen LogP contribution in [0.4, 0.5) is 8.78 Å². The summed E-state index contributed by atoms with van der Waals surface area (Å²) in [6, 6.07) is 7.98. The minimum absolute atomic E-state index is 0.0115. The molecular formula is C13H9BrF2O2S. The summed E-state index contributed by atoms with van der Waals surface area (Å²) in [5.41, 5.74) is 0.323. The summed E-state index contributed by atoms with van der Waals surface area (Å²) in [5, 5.41) is 0.209. The lowest BCUT2D eigenvalue weighted by Gasteiger charge is -2.09. The Morgan fingerprint density at radius 2 is 1.53 bits per heavy atom. The molecule has 2 rings (SSSR count). The van der Waals surface area contributed by atoms with Gasteiger partial charge >= 0.3 is 0 Å². The first-order valence-electron chi connectivity index (χ1n) is 5.30. The lowest BCUT2D eigenvalue weighted by Crippen LogP contribution is -2.05. The van der Waals surface area contributed by atoms with Gasteiger partial charge in [-0.15, -0.1) is 0 Å². The highest BCUT2D eigenvalue weighted by molar-refractivity contribution is 9.08. The first-order valence-corrected chi connectivity index (χ1v) is 7.90. The smallest absolute Gasteiger partial charge is 0.206 e. The van der Waals surface area contributed by atoms with E-state index in [-0.39, 0.29) is 15.1 Å². The van der Waals surface area contributed by atoms with Crippen LogP contribution in [-0.4, -0.2) is 8.42 Å². The summed E-state index contributed by atoms with van der Waals surface area (Å²) in [7, 11) is -3.78. The van der Waals surface area contributed by atoms with Crippen molar-refractivity contribution in [2.75, 3.05) is 0 Å². The Hall–Kier alpha value is -1.27. The van der Waals surface area contributed by atoms with Crippen LogP contribution < -0.4 is 0 Å². The van der Waals surface area contributed by atoms with Gasteiger partial charge in [-0.2, -0.15) is 0 Å². The molecule has 0 aliphatic heterocycles. The van der Waals surface area contributed by atoms with Crippen molar-refractivity contribution in [1.82, 2.24) is 0 Å². The van der Waals surface area contributed by atoms with E-state index in [0.29, 0.717) is 5.56 Å². The molecule has 0 fully saturated rings. The van der Waals surface area contributed by atoms with E-state index >= 15 is 0 Å². The van der Waals surface area contributed by atoms with E-state index in [1.165, 1.54) is 18.2 Å². The Bertz CT molecular complexity index is 697. The lowest BCUT2D eigenvalue weighted by molar-refractivity contribution is 0.592. The zero-order chi connectivity index (χ0) is 14.0. The van der Waals surface area contributed by atoms with Crippen LogP contribution in [0.5, 0.6) is 0 Å². The molecule has 0 spiro atoms. The third kappa shape index (κ3) is 2.84. The van der Waals surface area contributed by atoms with Crippen molar-refractivity contribution in [3.8, 4) is 0 Å². The minimum Gasteiger partial charge on any atom is -0.219 e. The molecule has 0 aliphatic rings. The van der Waals surface area contributed by atoms with Crippen molar-refractivity contribution in [2.24, 2.45) is 0 Å². The Morgan fingerprint density at radius 3 is 2.11 bits per heavy atom. The highest BCUT2D eigenvalue weighted by atomic mass is 79.9. The zero-order valence-electron chi connectivity index (χ0n) is 9.61. The van der Waals surface area contributed by atoms with E-state index in [1.54, 1.807) is 0 Å². The zero-order valence-corrected chi connectivity index (χ0v) is 12.0. The van der Waals surface area contributed by atoms with Crippen molar-refractivity contribution in [2.45, 2.75) is 15.1 Å². The Labute approximate surface area is 118 Å². The first-order chi connectivity index (χ1) is 8.95. The molecule has 0 aliphatic carbocycles. The largest absolute Gasteiger partial charge is 0.219 e. The van der Waals surface area contributed by atoms with Crippen molar-refractivity contribution >= 4 is 25.8 Å². The summed E-state index contributed by atoms with van der Waals surface area (Å²) < 4.78 is 50.7. The van der Waals surface area contributed by atoms with Crippen LogP contribution in [0.25, 0.3) is 0 Å². The van der Waals surface area contributed by atoms with Crippen LogP contribution in [0.3, 0.4) is 0 Å². The molecule has 100 valence electrons. The molecule has 2 aromatic rings. The highest BCUT2D eigenvalue weighted by Gasteiger charge is 2.21. The molecule has 0 aromatic heterocycles. The number of hydrogen-bond acceptors (Lipinski definition) is 2. The van der Waals surface area contributed by atoms with Crippen LogP contribution in [0, 0.1) is 11.6 Å². The number of alkyl halides is 1. The van der Waals surface area contributed by atoms with Gasteiger partial charge in [0.2, 0.25) is 9.84 Å². The molecule has 0 atom stereocenters. The molecule has 0 saturated carbocycles. The average Bonchev–Trinajstić information content (AvgIpc) is 2.38. The fraction of sp³-hybridized carbons (Fsp3) is 0.0769. The second-order valence-corrected chi connectivity index (χ2v) is 6.32. The minimum atomic E-state index is -3.78. The van der Waals surface area contributed by atoms with Crippen molar-refractivity contribution in [3.05, 3.63) is 59.7 Å². The number of halogens is 3. The fourth-order valence-corrected chi connectivity index (χ4v) is 3.78. The van der Waals surface area contributed by atoms with E-state index in [9.17, 15) is 17.2 Å². The normalized spacial score (nSPS) is 11.5. The van der Waals surface area contributed by atoms with Crippen molar-refractivity contribution < 1.29 is 17.2 Å². The summed E-state index contributed by atoms with van der Waals surface area (Å²) in [5.74, 6) is -1.02. The van der Waals surface area contributed by atoms with E-state index in [2.05, 4.69) is 15.9 Å². The molecule has 0 unspecified atom stereocenters. The molecule has 0 bridgehead atoms. The van der Waals surface area contributed by atoms with Crippen molar-refractivity contribution in [3.63, 3.8) is 0 Å². The van der Waals surface area contributed by atoms with Crippen molar-refractivity contribution in [1.29, 1.82) is 0 Å². The van der Waals surface area contributed by atoms with Crippen LogP contribution in [0.1, 0.15) is 5.56 Å². The molecule has 0 radical (unpaired) electrons. The van der Waals surface area contributed by atoms with Crippen LogP contribution in [-0.2, 0) is 15.2 Å². The number of rotatable bonds is 3. The van der Waals surface area contributed by atoms with Gasteiger partial charge in [0.25, 0.3) is 0 Å². The SMILES string of the molecule is O=S(=O)(c1ccc(F)cc1)c1ccc(F)cc1CBr. The van der Waals surface area contributed by atoms with Gasteiger partial charge < -0.3 is 0 Å². The van der Waals surface area contributed by atoms with E-state index in [4.69, 9.17) is 0 Å². The topological polar surface area (TPSA) is 34.1 Å². The lowest BCUT2D eigenvalue weighted by atomic mass is 10.2. The second-order valence-electron chi connectivity index (χ2n) is 3.84. The third-order valence-corrected chi connectivity index (χ3v) is 5.05. The average molecular weight is 347 g/mol.